The van der Waals surface area contributed by atoms with Gasteiger partial charge < -0.3 is 13.9 Å². The van der Waals surface area contributed by atoms with Crippen LogP contribution in [0, 0.1) is 0 Å². The average molecular weight is 387 g/mol. The Kier molecular flexibility index (Phi) is 4.81. The second-order valence-electron chi connectivity index (χ2n) is 6.73. The summed E-state index contributed by atoms with van der Waals surface area (Å²) in [6, 6.07) is 11.4. The highest BCUT2D eigenvalue weighted by Crippen LogP contribution is 2.37. The third kappa shape index (κ3) is 3.40. The minimum absolute atomic E-state index is 0.342. The Labute approximate surface area is 162 Å². The number of methoxy groups -OCH3 is 1. The Balaban J connectivity index is 1.71. The summed E-state index contributed by atoms with van der Waals surface area (Å²) in [5.41, 5.74) is 3.23. The molecule has 2 heterocycles. The van der Waals surface area contributed by atoms with Crippen LogP contribution < -0.4 is 20.0 Å². The van der Waals surface area contributed by atoms with Gasteiger partial charge in [-0.05, 0) is 42.3 Å². The molecule has 1 atom stereocenters. The van der Waals surface area contributed by atoms with Gasteiger partial charge in [-0.1, -0.05) is 18.5 Å². The fourth-order valence-corrected chi connectivity index (χ4v) is 3.88. The molecule has 0 bridgehead atoms. The number of nitrogens with one attached hydrogen (secondary N) is 1. The number of rotatable bonds is 4. The number of benzene rings is 2. The summed E-state index contributed by atoms with van der Waals surface area (Å²) in [5, 5.41) is 1.44. The van der Waals surface area contributed by atoms with Gasteiger partial charge in [-0.3, -0.25) is 4.90 Å². The van der Waals surface area contributed by atoms with Gasteiger partial charge in [0.2, 0.25) is 6.73 Å². The van der Waals surface area contributed by atoms with Crippen molar-refractivity contribution in [1.82, 2.24) is 0 Å². The number of quaternary nitrogens is 1. The molecule has 6 heteroatoms. The summed E-state index contributed by atoms with van der Waals surface area (Å²) in [6.45, 7) is 3.98. The monoisotopic (exact) mass is 386 g/mol. The highest BCUT2D eigenvalue weighted by atomic mass is 35.5. The lowest BCUT2D eigenvalue weighted by atomic mass is 10.0. The molecule has 1 aliphatic heterocycles. The molecule has 27 heavy (non-hydrogen) atoms. The largest absolute Gasteiger partial charge is 0.497 e. The molecule has 2 aromatic carbocycles. The maximum absolute atomic E-state index is 12.0. The molecule has 1 N–H and O–H groups in total. The highest BCUT2D eigenvalue weighted by Gasteiger charge is 2.27. The van der Waals surface area contributed by atoms with E-state index >= 15 is 0 Å². The van der Waals surface area contributed by atoms with Crippen LogP contribution in [0.25, 0.3) is 11.0 Å². The van der Waals surface area contributed by atoms with E-state index in [-0.39, 0.29) is 5.63 Å². The van der Waals surface area contributed by atoms with Crippen LogP contribution in [-0.4, -0.2) is 13.8 Å². The molecule has 0 radical (unpaired) electrons. The Morgan fingerprint density at radius 2 is 2.00 bits per heavy atom. The summed E-state index contributed by atoms with van der Waals surface area (Å²) in [5.74, 6) is 1.46. The molecular formula is C21H21ClNO4+. The number of halogens is 1. The Morgan fingerprint density at radius 3 is 2.70 bits per heavy atom. The zero-order valence-electron chi connectivity index (χ0n) is 15.3. The molecule has 0 amide bonds. The molecule has 0 saturated carbocycles. The standard InChI is InChI=1S/C21H20ClNO4/c1-3-14-8-19(24)27-20-16(14)9-18(22)21-17(20)11-23(12-26-21)10-13-4-6-15(25-2)7-5-13/h4-9H,3,10-12H2,1-2H3/p+1. The van der Waals surface area contributed by atoms with E-state index < -0.39 is 0 Å². The molecule has 1 unspecified atom stereocenters. The zero-order chi connectivity index (χ0) is 19.0. The Hall–Kier alpha value is -2.50. The van der Waals surface area contributed by atoms with Crippen LogP contribution in [0.2, 0.25) is 5.02 Å². The van der Waals surface area contributed by atoms with Gasteiger partial charge in [0.15, 0.2) is 11.3 Å². The minimum Gasteiger partial charge on any atom is -0.497 e. The summed E-state index contributed by atoms with van der Waals surface area (Å²) in [6.07, 6.45) is 0.737. The normalized spacial score (nSPS) is 16.0. The number of fused-ring (bicyclic) bond motifs is 3. The smallest absolute Gasteiger partial charge is 0.336 e. The van der Waals surface area contributed by atoms with Crippen molar-refractivity contribution in [2.24, 2.45) is 0 Å². The number of aryl methyl sites for hydroxylation is 1. The quantitative estimate of drug-likeness (QED) is 0.700. The second kappa shape index (κ2) is 7.25. The lowest BCUT2D eigenvalue weighted by Crippen LogP contribution is -3.10. The third-order valence-corrected chi connectivity index (χ3v) is 5.24. The molecule has 1 aliphatic rings. The fourth-order valence-electron chi connectivity index (χ4n) is 3.60. The first kappa shape index (κ1) is 17.9. The summed E-state index contributed by atoms with van der Waals surface area (Å²) < 4.78 is 16.7. The third-order valence-electron chi connectivity index (χ3n) is 4.96. The van der Waals surface area contributed by atoms with E-state index in [9.17, 15) is 4.79 Å². The van der Waals surface area contributed by atoms with E-state index in [1.807, 2.05) is 37.3 Å². The van der Waals surface area contributed by atoms with Gasteiger partial charge in [-0.25, -0.2) is 4.79 Å². The highest BCUT2D eigenvalue weighted by molar-refractivity contribution is 6.33. The van der Waals surface area contributed by atoms with Crippen molar-refractivity contribution in [3.63, 3.8) is 0 Å². The zero-order valence-corrected chi connectivity index (χ0v) is 16.1. The Morgan fingerprint density at radius 1 is 1.22 bits per heavy atom. The maximum atomic E-state index is 12.0. The van der Waals surface area contributed by atoms with Gasteiger partial charge in [-0.2, -0.15) is 0 Å². The first-order valence-corrected chi connectivity index (χ1v) is 9.34. The molecule has 1 aromatic heterocycles. The number of hydrogen-bond acceptors (Lipinski definition) is 4. The molecule has 0 spiro atoms. The van der Waals surface area contributed by atoms with Crippen molar-refractivity contribution in [2.75, 3.05) is 13.8 Å². The van der Waals surface area contributed by atoms with Crippen molar-refractivity contribution in [3.05, 3.63) is 68.5 Å². The van der Waals surface area contributed by atoms with E-state index in [2.05, 4.69) is 0 Å². The van der Waals surface area contributed by atoms with Gasteiger partial charge in [-0.15, -0.1) is 0 Å². The van der Waals surface area contributed by atoms with Crippen molar-refractivity contribution in [1.29, 1.82) is 0 Å². The summed E-state index contributed by atoms with van der Waals surface area (Å²) in [4.78, 5) is 13.2. The first-order valence-electron chi connectivity index (χ1n) is 8.96. The van der Waals surface area contributed by atoms with Crippen LogP contribution in [0.4, 0.5) is 0 Å². The van der Waals surface area contributed by atoms with Gasteiger partial charge in [0.25, 0.3) is 0 Å². The van der Waals surface area contributed by atoms with Gasteiger partial charge in [0.05, 0.1) is 17.7 Å². The fraction of sp³-hybridized carbons (Fsp3) is 0.286. The molecule has 0 fully saturated rings. The van der Waals surface area contributed by atoms with Crippen LogP contribution in [0.15, 0.2) is 45.6 Å². The van der Waals surface area contributed by atoms with Crippen molar-refractivity contribution >= 4 is 22.6 Å². The van der Waals surface area contributed by atoms with E-state index in [1.165, 1.54) is 16.5 Å². The van der Waals surface area contributed by atoms with E-state index in [4.69, 9.17) is 25.5 Å². The molecule has 3 aromatic rings. The van der Waals surface area contributed by atoms with E-state index in [1.54, 1.807) is 7.11 Å². The lowest BCUT2D eigenvalue weighted by Gasteiger charge is -2.27. The molecule has 0 saturated heterocycles. The van der Waals surface area contributed by atoms with Crippen LogP contribution in [0.5, 0.6) is 11.5 Å². The topological polar surface area (TPSA) is 53.1 Å². The van der Waals surface area contributed by atoms with Crippen molar-refractivity contribution in [3.8, 4) is 11.5 Å². The van der Waals surface area contributed by atoms with Crippen LogP contribution >= 0.6 is 11.6 Å². The van der Waals surface area contributed by atoms with Crippen LogP contribution in [-0.2, 0) is 19.5 Å². The molecule has 4 rings (SSSR count). The first-order chi connectivity index (χ1) is 13.1. The Bertz CT molecular complexity index is 1040. The van der Waals surface area contributed by atoms with Crippen LogP contribution in [0.1, 0.15) is 23.6 Å². The van der Waals surface area contributed by atoms with Gasteiger partial charge in [0.1, 0.15) is 18.8 Å². The van der Waals surface area contributed by atoms with Gasteiger partial charge in [0, 0.05) is 17.0 Å². The molecule has 5 nitrogen and oxygen atoms in total. The molecular weight excluding hydrogens is 366 g/mol. The maximum Gasteiger partial charge on any atom is 0.336 e. The SMILES string of the molecule is CCc1cc(=O)oc2c3c(c(Cl)cc12)OC[NH+](Cc1ccc(OC)cc1)C3. The summed E-state index contributed by atoms with van der Waals surface area (Å²) >= 11 is 6.46. The van der Waals surface area contributed by atoms with Crippen molar-refractivity contribution < 1.29 is 18.8 Å². The van der Waals surface area contributed by atoms with Crippen molar-refractivity contribution in [2.45, 2.75) is 26.4 Å². The van der Waals surface area contributed by atoms with E-state index in [0.717, 1.165) is 35.2 Å². The molecule has 140 valence electrons. The van der Waals surface area contributed by atoms with E-state index in [0.29, 0.717) is 29.6 Å². The second-order valence-corrected chi connectivity index (χ2v) is 7.13. The number of hydrogen-bond donors (Lipinski definition) is 1. The van der Waals surface area contributed by atoms with Crippen LogP contribution in [0.3, 0.4) is 0 Å². The van der Waals surface area contributed by atoms with Gasteiger partial charge >= 0.3 is 5.63 Å². The number of ether oxygens (including phenoxy) is 2. The molecule has 0 aliphatic carbocycles. The average Bonchev–Trinajstić information content (AvgIpc) is 2.69. The summed E-state index contributed by atoms with van der Waals surface area (Å²) in [7, 11) is 1.66. The predicted octanol–water partition coefficient (Wildman–Crippen LogP) is 2.95. The minimum atomic E-state index is -0.342. The predicted molar refractivity (Wildman–Crippen MR) is 104 cm³/mol. The lowest BCUT2D eigenvalue weighted by molar-refractivity contribution is -0.945.